The largest absolute Gasteiger partial charge is 0.496 e. The van der Waals surface area contributed by atoms with Crippen molar-refractivity contribution in [3.63, 3.8) is 0 Å². The smallest absolute Gasteiger partial charge is 0.311 e. The predicted octanol–water partition coefficient (Wildman–Crippen LogP) is 7.30. The van der Waals surface area contributed by atoms with Gasteiger partial charge in [-0.25, -0.2) is 0 Å². The van der Waals surface area contributed by atoms with Crippen molar-refractivity contribution in [1.82, 2.24) is 0 Å². The Morgan fingerprint density at radius 2 is 1.52 bits per heavy atom. The fourth-order valence-corrected chi connectivity index (χ4v) is 5.16. The number of benzene rings is 1. The first kappa shape index (κ1) is 27.3. The first-order chi connectivity index (χ1) is 15.2. The van der Waals surface area contributed by atoms with Crippen molar-refractivity contribution in [3.8, 4) is 11.5 Å². The minimum absolute atomic E-state index is 0.00531. The Morgan fingerprint density at radius 1 is 1.00 bits per heavy atom. The van der Waals surface area contributed by atoms with Crippen LogP contribution in [0.15, 0.2) is 23.8 Å². The third-order valence-electron chi connectivity index (χ3n) is 7.34. The second kappa shape index (κ2) is 9.72. The summed E-state index contributed by atoms with van der Waals surface area (Å²) < 4.78 is 17.5. The molecule has 0 heterocycles. The van der Waals surface area contributed by atoms with Crippen LogP contribution in [0.1, 0.15) is 92.7 Å². The summed E-state index contributed by atoms with van der Waals surface area (Å²) in [5, 5.41) is 0. The fraction of sp³-hybridized carbons (Fsp3) is 0.690. The van der Waals surface area contributed by atoms with Gasteiger partial charge in [-0.3, -0.25) is 4.79 Å². The molecule has 2 bridgehead atoms. The van der Waals surface area contributed by atoms with Gasteiger partial charge in [0.05, 0.1) is 19.6 Å². The van der Waals surface area contributed by atoms with Crippen molar-refractivity contribution in [3.05, 3.63) is 34.9 Å². The van der Waals surface area contributed by atoms with E-state index in [-0.39, 0.29) is 22.7 Å². The molecule has 1 aromatic carbocycles. The fourth-order valence-electron chi connectivity index (χ4n) is 5.16. The summed E-state index contributed by atoms with van der Waals surface area (Å²) in [5.41, 5.74) is 3.15. The lowest BCUT2D eigenvalue weighted by atomic mass is 9.45. The van der Waals surface area contributed by atoms with Crippen LogP contribution in [-0.2, 0) is 14.9 Å². The van der Waals surface area contributed by atoms with Crippen LogP contribution in [0.3, 0.4) is 0 Å². The minimum Gasteiger partial charge on any atom is -0.496 e. The van der Waals surface area contributed by atoms with Crippen molar-refractivity contribution in [2.75, 3.05) is 20.8 Å². The molecule has 3 atom stereocenters. The number of methoxy groups -OCH3 is 2. The van der Waals surface area contributed by atoms with Gasteiger partial charge in [0.25, 0.3) is 0 Å². The zero-order valence-corrected chi connectivity index (χ0v) is 23.0. The lowest BCUT2D eigenvalue weighted by molar-refractivity contribution is -0.152. The maximum Gasteiger partial charge on any atom is 0.311 e. The van der Waals surface area contributed by atoms with Crippen LogP contribution in [-0.4, -0.2) is 26.8 Å². The number of hydrogen-bond acceptors (Lipinski definition) is 4. The second-order valence-electron chi connectivity index (χ2n) is 11.9. The molecule has 0 N–H and O–H groups in total. The topological polar surface area (TPSA) is 44.8 Å². The zero-order chi connectivity index (χ0) is 25.4. The van der Waals surface area contributed by atoms with Gasteiger partial charge >= 0.3 is 5.97 Å². The van der Waals surface area contributed by atoms with Crippen LogP contribution >= 0.6 is 0 Å². The monoisotopic (exact) mass is 458 g/mol. The molecule has 0 amide bonds. The molecule has 0 aromatic heterocycles. The maximum atomic E-state index is 12.4. The standard InChI is InChI=1S/C27H40O4.C2H6/c1-25(2,3)17-12-21(29-9)23(22(13-17)30-10)18-11-16(15-31-24(28)26(4,5)6)19-14-20(18)27(19,7)8;1-2/h11-13,18-20H,14-15H2,1-10H3;1-2H3. The van der Waals surface area contributed by atoms with E-state index in [9.17, 15) is 4.79 Å². The number of fused-ring (bicyclic) bond motifs is 1. The number of esters is 1. The Balaban J connectivity index is 0.00000187. The van der Waals surface area contributed by atoms with E-state index < -0.39 is 5.41 Å². The summed E-state index contributed by atoms with van der Waals surface area (Å²) in [4.78, 5) is 12.4. The Morgan fingerprint density at radius 3 is 1.91 bits per heavy atom. The highest BCUT2D eigenvalue weighted by atomic mass is 16.5. The van der Waals surface area contributed by atoms with Crippen molar-refractivity contribution in [2.24, 2.45) is 22.7 Å². The van der Waals surface area contributed by atoms with Crippen LogP contribution in [0.2, 0.25) is 0 Å². The molecule has 186 valence electrons. The number of rotatable bonds is 5. The molecule has 0 aliphatic heterocycles. The molecule has 4 rings (SSSR count). The third-order valence-corrected chi connectivity index (χ3v) is 7.34. The second-order valence-corrected chi connectivity index (χ2v) is 11.9. The van der Waals surface area contributed by atoms with Crippen LogP contribution in [0.5, 0.6) is 11.5 Å². The molecule has 3 aliphatic rings. The van der Waals surface area contributed by atoms with Gasteiger partial charge in [0.1, 0.15) is 18.1 Å². The van der Waals surface area contributed by atoms with Crippen LogP contribution in [0, 0.1) is 22.7 Å². The zero-order valence-electron chi connectivity index (χ0n) is 23.0. The van der Waals surface area contributed by atoms with E-state index in [0.29, 0.717) is 18.4 Å². The van der Waals surface area contributed by atoms with E-state index in [2.05, 4.69) is 52.8 Å². The molecule has 0 radical (unpaired) electrons. The summed E-state index contributed by atoms with van der Waals surface area (Å²) >= 11 is 0. The summed E-state index contributed by atoms with van der Waals surface area (Å²) in [5.74, 6) is 2.71. The number of hydrogen-bond donors (Lipinski definition) is 0. The molecule has 3 unspecified atom stereocenters. The summed E-state index contributed by atoms with van der Waals surface area (Å²) in [7, 11) is 3.47. The van der Waals surface area contributed by atoms with Gasteiger partial charge in [0, 0.05) is 11.5 Å². The van der Waals surface area contributed by atoms with Gasteiger partial charge in [-0.1, -0.05) is 54.5 Å². The average molecular weight is 459 g/mol. The van der Waals surface area contributed by atoms with Gasteiger partial charge in [-0.2, -0.15) is 0 Å². The van der Waals surface area contributed by atoms with Crippen LogP contribution < -0.4 is 9.47 Å². The van der Waals surface area contributed by atoms with Gasteiger partial charge < -0.3 is 14.2 Å². The lowest BCUT2D eigenvalue weighted by Crippen LogP contribution is -2.52. The number of ether oxygens (including phenoxy) is 3. The SMILES string of the molecule is CC.COc1cc(C(C)(C)C)cc(OC)c1C1C=C(COC(=O)C(C)(C)C)C2CC1C2(C)C. The van der Waals surface area contributed by atoms with Crippen molar-refractivity contribution < 1.29 is 19.0 Å². The highest BCUT2D eigenvalue weighted by Crippen LogP contribution is 2.65. The Labute approximate surface area is 202 Å². The number of allylic oxidation sites excluding steroid dienone is 1. The summed E-state index contributed by atoms with van der Waals surface area (Å²) in [6.07, 6.45) is 3.42. The molecule has 0 spiro atoms. The van der Waals surface area contributed by atoms with E-state index >= 15 is 0 Å². The Bertz CT molecular complexity index is 855. The molecular weight excluding hydrogens is 412 g/mol. The highest BCUT2D eigenvalue weighted by molar-refractivity contribution is 5.75. The normalized spacial score (nSPS) is 23.4. The van der Waals surface area contributed by atoms with Crippen molar-refractivity contribution >= 4 is 5.97 Å². The Hall–Kier alpha value is -1.97. The molecule has 1 fully saturated rings. The average Bonchev–Trinajstić information content (AvgIpc) is 2.75. The molecule has 3 aliphatic carbocycles. The van der Waals surface area contributed by atoms with E-state index in [1.807, 2.05) is 34.6 Å². The van der Waals surface area contributed by atoms with Gasteiger partial charge in [-0.15, -0.1) is 0 Å². The first-order valence-electron chi connectivity index (χ1n) is 12.4. The van der Waals surface area contributed by atoms with Gasteiger partial charge in [0.2, 0.25) is 0 Å². The molecule has 33 heavy (non-hydrogen) atoms. The van der Waals surface area contributed by atoms with E-state index in [4.69, 9.17) is 14.2 Å². The third kappa shape index (κ3) is 5.25. The van der Waals surface area contributed by atoms with Crippen LogP contribution in [0.25, 0.3) is 0 Å². The molecule has 4 heteroatoms. The highest BCUT2D eigenvalue weighted by Gasteiger charge is 2.56. The van der Waals surface area contributed by atoms with Crippen molar-refractivity contribution in [1.29, 1.82) is 0 Å². The molecular formula is C29H46O4. The molecule has 1 aromatic rings. The Kier molecular flexibility index (Phi) is 8.03. The molecule has 4 nitrogen and oxygen atoms in total. The predicted molar refractivity (Wildman–Crippen MR) is 136 cm³/mol. The summed E-state index contributed by atoms with van der Waals surface area (Å²) in [6.45, 7) is 21.3. The summed E-state index contributed by atoms with van der Waals surface area (Å²) in [6, 6.07) is 4.31. The van der Waals surface area contributed by atoms with E-state index in [1.165, 1.54) is 11.1 Å². The molecule has 0 saturated heterocycles. The lowest BCUT2D eigenvalue weighted by Gasteiger charge is -2.59. The number of carbonyl (C=O) groups is 1. The van der Waals surface area contributed by atoms with Gasteiger partial charge in [0.15, 0.2) is 0 Å². The van der Waals surface area contributed by atoms with E-state index in [0.717, 1.165) is 23.5 Å². The molecule has 1 saturated carbocycles. The minimum atomic E-state index is -0.498. The van der Waals surface area contributed by atoms with E-state index in [1.54, 1.807) is 14.2 Å². The van der Waals surface area contributed by atoms with Gasteiger partial charge in [-0.05, 0) is 73.1 Å². The quantitative estimate of drug-likeness (QED) is 0.343. The number of carbonyl (C=O) groups excluding carboxylic acids is 1. The first-order valence-corrected chi connectivity index (χ1v) is 12.4. The van der Waals surface area contributed by atoms with Crippen LogP contribution in [0.4, 0.5) is 0 Å². The maximum absolute atomic E-state index is 12.4. The van der Waals surface area contributed by atoms with Crippen molar-refractivity contribution in [2.45, 2.75) is 87.0 Å².